The predicted octanol–water partition coefficient (Wildman–Crippen LogP) is 4.87. The van der Waals surface area contributed by atoms with Crippen molar-refractivity contribution >= 4 is 17.5 Å². The zero-order valence-electron chi connectivity index (χ0n) is 16.3. The summed E-state index contributed by atoms with van der Waals surface area (Å²) < 4.78 is 56.1. The maximum absolute atomic E-state index is 14.2. The van der Waals surface area contributed by atoms with Gasteiger partial charge in [-0.3, -0.25) is 9.48 Å². The summed E-state index contributed by atoms with van der Waals surface area (Å²) in [5, 5.41) is 3.95. The maximum atomic E-state index is 14.2. The largest absolute Gasteiger partial charge is 0.435 e. The van der Waals surface area contributed by atoms with Crippen molar-refractivity contribution in [1.82, 2.24) is 14.7 Å². The van der Waals surface area contributed by atoms with Gasteiger partial charge in [-0.15, -0.1) is 0 Å². The van der Waals surface area contributed by atoms with Crippen LogP contribution in [0.15, 0.2) is 48.5 Å². The van der Waals surface area contributed by atoms with E-state index in [1.54, 1.807) is 0 Å². The molecule has 1 aromatic heterocycles. The summed E-state index contributed by atoms with van der Waals surface area (Å²) in [6.07, 6.45) is -4.44. The number of nitrogens with zero attached hydrogens (tertiary/aromatic N) is 3. The Morgan fingerprint density at radius 3 is 2.55 bits per heavy atom. The number of carbonyl (C=O) groups excluding carboxylic acids is 1. The molecular formula is C22H18ClF4N3O. The van der Waals surface area contributed by atoms with Crippen LogP contribution in [0, 0.1) is 5.82 Å². The lowest BCUT2D eigenvalue weighted by atomic mass is 10.0. The Balaban J connectivity index is 1.64. The molecule has 2 aromatic carbocycles. The van der Waals surface area contributed by atoms with Crippen molar-refractivity contribution in [3.05, 3.63) is 87.4 Å². The van der Waals surface area contributed by atoms with Crippen LogP contribution in [0.1, 0.15) is 28.1 Å². The van der Waals surface area contributed by atoms with Gasteiger partial charge in [-0.05, 0) is 24.1 Å². The van der Waals surface area contributed by atoms with Crippen LogP contribution < -0.4 is 0 Å². The van der Waals surface area contributed by atoms with Crippen molar-refractivity contribution in [2.24, 2.45) is 0 Å². The zero-order chi connectivity index (χ0) is 22.2. The smallest absolute Gasteiger partial charge is 0.336 e. The first kappa shape index (κ1) is 21.4. The summed E-state index contributed by atoms with van der Waals surface area (Å²) in [6.45, 7) is -0.0375. The fourth-order valence-corrected chi connectivity index (χ4v) is 3.90. The van der Waals surface area contributed by atoms with Crippen LogP contribution in [0.25, 0.3) is 0 Å². The number of rotatable bonds is 4. The molecule has 0 bridgehead atoms. The van der Waals surface area contributed by atoms with Gasteiger partial charge in [0.25, 0.3) is 0 Å². The van der Waals surface area contributed by atoms with Gasteiger partial charge >= 0.3 is 6.18 Å². The van der Waals surface area contributed by atoms with E-state index < -0.39 is 17.7 Å². The van der Waals surface area contributed by atoms with Crippen molar-refractivity contribution < 1.29 is 22.4 Å². The second-order valence-corrected chi connectivity index (χ2v) is 7.83. The molecular weight excluding hydrogens is 434 g/mol. The zero-order valence-corrected chi connectivity index (χ0v) is 17.0. The van der Waals surface area contributed by atoms with E-state index >= 15 is 0 Å². The van der Waals surface area contributed by atoms with E-state index in [1.165, 1.54) is 17.0 Å². The predicted molar refractivity (Wildman–Crippen MR) is 107 cm³/mol. The van der Waals surface area contributed by atoms with E-state index in [0.29, 0.717) is 0 Å². The van der Waals surface area contributed by atoms with E-state index in [4.69, 9.17) is 11.6 Å². The average Bonchev–Trinajstić information content (AvgIpc) is 3.09. The molecule has 0 fully saturated rings. The van der Waals surface area contributed by atoms with Crippen molar-refractivity contribution in [3.63, 3.8) is 0 Å². The monoisotopic (exact) mass is 451 g/mol. The van der Waals surface area contributed by atoms with Gasteiger partial charge in [0.2, 0.25) is 5.91 Å². The minimum atomic E-state index is -4.63. The lowest BCUT2D eigenvalue weighted by Crippen LogP contribution is -2.38. The summed E-state index contributed by atoms with van der Waals surface area (Å²) in [5.74, 6) is -0.811. The SMILES string of the molecule is O=C(Cc1ccccc1)N1CCc2c(C(F)(F)F)nn(Cc3ccc(Cl)cc3F)c2C1. The van der Waals surface area contributed by atoms with E-state index in [1.807, 2.05) is 30.3 Å². The summed E-state index contributed by atoms with van der Waals surface area (Å²) in [6, 6.07) is 13.1. The van der Waals surface area contributed by atoms with Gasteiger partial charge in [0.1, 0.15) is 5.82 Å². The number of amides is 1. The van der Waals surface area contributed by atoms with Crippen LogP contribution in [0.4, 0.5) is 17.6 Å². The van der Waals surface area contributed by atoms with Gasteiger partial charge in [-0.2, -0.15) is 18.3 Å². The molecule has 0 atom stereocenters. The molecule has 9 heteroatoms. The Morgan fingerprint density at radius 2 is 1.87 bits per heavy atom. The number of benzene rings is 2. The maximum Gasteiger partial charge on any atom is 0.435 e. The second kappa shape index (κ2) is 8.34. The lowest BCUT2D eigenvalue weighted by Gasteiger charge is -2.28. The third-order valence-corrected chi connectivity index (χ3v) is 5.53. The van der Waals surface area contributed by atoms with Gasteiger partial charge in [-0.25, -0.2) is 4.39 Å². The van der Waals surface area contributed by atoms with Gasteiger partial charge in [0, 0.05) is 22.7 Å². The highest BCUT2D eigenvalue weighted by Gasteiger charge is 2.41. The lowest BCUT2D eigenvalue weighted by molar-refractivity contribution is -0.142. The molecule has 4 nitrogen and oxygen atoms in total. The topological polar surface area (TPSA) is 38.1 Å². The molecule has 3 aromatic rings. The molecule has 0 unspecified atom stereocenters. The van der Waals surface area contributed by atoms with E-state index in [9.17, 15) is 22.4 Å². The van der Waals surface area contributed by atoms with Gasteiger partial charge in [0.15, 0.2) is 5.69 Å². The number of aromatic nitrogens is 2. The normalized spacial score (nSPS) is 13.9. The molecule has 162 valence electrons. The molecule has 0 saturated carbocycles. The Kier molecular flexibility index (Phi) is 5.75. The van der Waals surface area contributed by atoms with Gasteiger partial charge in [0.05, 0.1) is 25.2 Å². The summed E-state index contributed by atoms with van der Waals surface area (Å²) in [4.78, 5) is 14.3. The van der Waals surface area contributed by atoms with Gasteiger partial charge in [-0.1, -0.05) is 48.0 Å². The Bertz CT molecular complexity index is 1110. The molecule has 0 saturated heterocycles. The average molecular weight is 452 g/mol. The molecule has 0 aliphatic carbocycles. The van der Waals surface area contributed by atoms with Crippen LogP contribution in [0.3, 0.4) is 0 Å². The van der Waals surface area contributed by atoms with Crippen LogP contribution in [-0.4, -0.2) is 27.1 Å². The van der Waals surface area contributed by atoms with E-state index in [0.717, 1.165) is 16.3 Å². The number of hydrogen-bond donors (Lipinski definition) is 0. The number of fused-ring (bicyclic) bond motifs is 1. The van der Waals surface area contributed by atoms with Crippen LogP contribution in [0.2, 0.25) is 5.02 Å². The summed E-state index contributed by atoms with van der Waals surface area (Å²) >= 11 is 5.76. The van der Waals surface area contributed by atoms with E-state index in [2.05, 4.69) is 5.10 Å². The number of halogens is 5. The molecule has 2 heterocycles. The molecule has 0 radical (unpaired) electrons. The number of hydrogen-bond acceptors (Lipinski definition) is 2. The van der Waals surface area contributed by atoms with Crippen molar-refractivity contribution in [2.75, 3.05) is 6.54 Å². The first-order chi connectivity index (χ1) is 14.7. The number of alkyl halides is 3. The van der Waals surface area contributed by atoms with Crippen molar-refractivity contribution in [1.29, 1.82) is 0 Å². The quantitative estimate of drug-likeness (QED) is 0.531. The highest BCUT2D eigenvalue weighted by Crippen LogP contribution is 2.35. The van der Waals surface area contributed by atoms with Gasteiger partial charge < -0.3 is 4.90 Å². The molecule has 1 aliphatic heterocycles. The van der Waals surface area contributed by atoms with Crippen molar-refractivity contribution in [3.8, 4) is 0 Å². The first-order valence-electron chi connectivity index (χ1n) is 9.64. The highest BCUT2D eigenvalue weighted by atomic mass is 35.5. The van der Waals surface area contributed by atoms with Crippen LogP contribution in [-0.2, 0) is 36.9 Å². The molecule has 1 amide bonds. The standard InChI is InChI=1S/C22H18ClF4N3O/c23-16-7-6-15(18(24)11-16)12-30-19-13-29(20(31)10-14-4-2-1-3-5-14)9-8-17(19)21(28-30)22(25,26)27/h1-7,11H,8-10,12-13H2. The number of carbonyl (C=O) groups is 1. The Morgan fingerprint density at radius 1 is 1.13 bits per heavy atom. The minimum Gasteiger partial charge on any atom is -0.336 e. The summed E-state index contributed by atoms with van der Waals surface area (Å²) in [5.41, 5.74) is 0.342. The third-order valence-electron chi connectivity index (χ3n) is 5.29. The molecule has 4 rings (SSSR count). The molecule has 1 aliphatic rings. The third kappa shape index (κ3) is 4.58. The molecule has 0 spiro atoms. The van der Waals surface area contributed by atoms with Crippen molar-refractivity contribution in [2.45, 2.75) is 32.1 Å². The highest BCUT2D eigenvalue weighted by molar-refractivity contribution is 6.30. The summed E-state index contributed by atoms with van der Waals surface area (Å²) in [7, 11) is 0. The Labute approximate surface area is 181 Å². The first-order valence-corrected chi connectivity index (χ1v) is 10.0. The Hall–Kier alpha value is -2.87. The molecule has 0 N–H and O–H groups in total. The fourth-order valence-electron chi connectivity index (χ4n) is 3.75. The second-order valence-electron chi connectivity index (χ2n) is 7.39. The fraction of sp³-hybridized carbons (Fsp3) is 0.273. The molecule has 31 heavy (non-hydrogen) atoms. The minimum absolute atomic E-state index is 0.0146. The van der Waals surface area contributed by atoms with E-state index in [-0.39, 0.29) is 60.2 Å². The van der Waals surface area contributed by atoms with Crippen LogP contribution >= 0.6 is 11.6 Å². The van der Waals surface area contributed by atoms with Crippen LogP contribution in [0.5, 0.6) is 0 Å².